The third-order valence-electron chi connectivity index (χ3n) is 5.16. The minimum atomic E-state index is -0.757. The highest BCUT2D eigenvalue weighted by Gasteiger charge is 2.41. The number of esters is 1. The number of nitriles is 1. The second-order valence-corrected chi connectivity index (χ2v) is 7.02. The smallest absolute Gasteiger partial charge is 0.308 e. The number of carbonyl (C=O) groups excluding carboxylic acids is 2. The van der Waals surface area contributed by atoms with Crippen LogP contribution in [-0.2, 0) is 15.0 Å². The first-order valence-corrected chi connectivity index (χ1v) is 9.25. The summed E-state index contributed by atoms with van der Waals surface area (Å²) in [5.41, 5.74) is 0.585. The lowest BCUT2D eigenvalue weighted by molar-refractivity contribution is -0.131. The van der Waals surface area contributed by atoms with Gasteiger partial charge in [-0.2, -0.15) is 5.26 Å². The Balaban J connectivity index is 1.91. The highest BCUT2D eigenvalue weighted by atomic mass is 19.1. The van der Waals surface area contributed by atoms with Crippen molar-refractivity contribution in [1.29, 1.82) is 5.26 Å². The molecule has 0 aromatic heterocycles. The molecule has 0 spiro atoms. The second-order valence-electron chi connectivity index (χ2n) is 7.02. The maximum atomic E-state index is 13.4. The Morgan fingerprint density at radius 3 is 2.39 bits per heavy atom. The lowest BCUT2D eigenvalue weighted by atomic mass is 9.68. The fourth-order valence-corrected chi connectivity index (χ4v) is 3.77. The minimum Gasteiger partial charge on any atom is -0.427 e. The quantitative estimate of drug-likeness (QED) is 0.627. The first-order chi connectivity index (χ1) is 13.4. The molecular formula is C22H21FN2O3. The summed E-state index contributed by atoms with van der Waals surface area (Å²) < 4.78 is 18.4. The lowest BCUT2D eigenvalue weighted by Gasteiger charge is -2.36. The van der Waals surface area contributed by atoms with Gasteiger partial charge in [0.25, 0.3) is 0 Å². The van der Waals surface area contributed by atoms with Crippen LogP contribution in [0.1, 0.15) is 50.2 Å². The molecule has 1 fully saturated rings. The Bertz CT molecular complexity index is 926. The van der Waals surface area contributed by atoms with Gasteiger partial charge in [0, 0.05) is 13.0 Å². The SMILES string of the molecule is CC(=O)Oc1ccc(NC(=O)C2(c3ccc(F)cc3)CCCCC2)c(C#N)c1. The summed E-state index contributed by atoms with van der Waals surface area (Å²) in [6.07, 6.45) is 4.19. The number of hydrogen-bond donors (Lipinski definition) is 1. The largest absolute Gasteiger partial charge is 0.427 e. The van der Waals surface area contributed by atoms with Crippen molar-refractivity contribution in [3.8, 4) is 11.8 Å². The van der Waals surface area contributed by atoms with Crippen LogP contribution in [0.3, 0.4) is 0 Å². The van der Waals surface area contributed by atoms with E-state index in [0.29, 0.717) is 18.5 Å². The van der Waals surface area contributed by atoms with Crippen LogP contribution in [0, 0.1) is 17.1 Å². The molecule has 6 heteroatoms. The van der Waals surface area contributed by atoms with Gasteiger partial charge in [0.1, 0.15) is 17.6 Å². The molecule has 1 N–H and O–H groups in total. The zero-order valence-electron chi connectivity index (χ0n) is 15.6. The van der Waals surface area contributed by atoms with E-state index < -0.39 is 11.4 Å². The van der Waals surface area contributed by atoms with E-state index in [1.165, 1.54) is 31.2 Å². The lowest BCUT2D eigenvalue weighted by Crippen LogP contribution is -2.42. The molecule has 1 aliphatic rings. The number of benzene rings is 2. The van der Waals surface area contributed by atoms with Crippen LogP contribution in [0.25, 0.3) is 0 Å². The van der Waals surface area contributed by atoms with Gasteiger partial charge in [-0.3, -0.25) is 9.59 Å². The van der Waals surface area contributed by atoms with E-state index in [-0.39, 0.29) is 23.0 Å². The molecule has 0 unspecified atom stereocenters. The van der Waals surface area contributed by atoms with Crippen molar-refractivity contribution in [2.75, 3.05) is 5.32 Å². The van der Waals surface area contributed by atoms with Crippen LogP contribution >= 0.6 is 0 Å². The van der Waals surface area contributed by atoms with Crippen LogP contribution in [-0.4, -0.2) is 11.9 Å². The van der Waals surface area contributed by atoms with Crippen molar-refractivity contribution in [2.45, 2.75) is 44.4 Å². The molecule has 2 aromatic carbocycles. The third-order valence-corrected chi connectivity index (χ3v) is 5.16. The van der Waals surface area contributed by atoms with Gasteiger partial charge in [0.2, 0.25) is 5.91 Å². The second kappa shape index (κ2) is 8.22. The Labute approximate surface area is 163 Å². The molecular weight excluding hydrogens is 359 g/mol. The molecule has 0 aliphatic heterocycles. The van der Waals surface area contributed by atoms with Crippen molar-refractivity contribution in [3.63, 3.8) is 0 Å². The van der Waals surface area contributed by atoms with Crippen LogP contribution in [0.5, 0.6) is 5.75 Å². The maximum Gasteiger partial charge on any atom is 0.308 e. The van der Waals surface area contributed by atoms with E-state index in [4.69, 9.17) is 4.74 Å². The van der Waals surface area contributed by atoms with E-state index in [2.05, 4.69) is 5.32 Å². The summed E-state index contributed by atoms with van der Waals surface area (Å²) in [4.78, 5) is 24.4. The Morgan fingerprint density at radius 1 is 1.11 bits per heavy atom. The van der Waals surface area contributed by atoms with E-state index >= 15 is 0 Å². The van der Waals surface area contributed by atoms with E-state index in [0.717, 1.165) is 24.8 Å². The summed E-state index contributed by atoms with van der Waals surface area (Å²) in [7, 11) is 0. The highest BCUT2D eigenvalue weighted by Crippen LogP contribution is 2.41. The van der Waals surface area contributed by atoms with Gasteiger partial charge in [-0.25, -0.2) is 4.39 Å². The first kappa shape index (κ1) is 19.6. The monoisotopic (exact) mass is 380 g/mol. The fourth-order valence-electron chi connectivity index (χ4n) is 3.77. The standard InChI is InChI=1S/C22H21FN2O3/c1-15(26)28-19-9-10-20(16(13-19)14-24)25-21(27)22(11-3-2-4-12-22)17-5-7-18(23)8-6-17/h5-10,13H,2-4,11-12H2,1H3,(H,25,27). The number of ether oxygens (including phenoxy) is 1. The average molecular weight is 380 g/mol. The van der Waals surface area contributed by atoms with E-state index in [1.807, 2.05) is 6.07 Å². The molecule has 0 heterocycles. The van der Waals surface area contributed by atoms with Gasteiger partial charge >= 0.3 is 5.97 Å². The zero-order valence-corrected chi connectivity index (χ0v) is 15.6. The van der Waals surface area contributed by atoms with Gasteiger partial charge in [0.15, 0.2) is 0 Å². The van der Waals surface area contributed by atoms with Crippen LogP contribution in [0.15, 0.2) is 42.5 Å². The van der Waals surface area contributed by atoms with Crippen LogP contribution < -0.4 is 10.1 Å². The molecule has 28 heavy (non-hydrogen) atoms. The number of carbonyl (C=O) groups is 2. The van der Waals surface area contributed by atoms with Crippen molar-refractivity contribution < 1.29 is 18.7 Å². The maximum absolute atomic E-state index is 13.4. The summed E-state index contributed by atoms with van der Waals surface area (Å²) in [6, 6.07) is 12.6. The molecule has 144 valence electrons. The molecule has 0 saturated heterocycles. The zero-order chi connectivity index (χ0) is 20.1. The van der Waals surface area contributed by atoms with Crippen LogP contribution in [0.4, 0.5) is 10.1 Å². The van der Waals surface area contributed by atoms with Crippen molar-refractivity contribution in [3.05, 3.63) is 59.4 Å². The van der Waals surface area contributed by atoms with Gasteiger partial charge in [-0.1, -0.05) is 31.4 Å². The van der Waals surface area contributed by atoms with Crippen molar-refractivity contribution >= 4 is 17.6 Å². The van der Waals surface area contributed by atoms with Gasteiger partial charge in [-0.05, 0) is 42.7 Å². The normalized spacial score (nSPS) is 15.3. The highest BCUT2D eigenvalue weighted by molar-refractivity contribution is 6.00. The molecule has 0 bridgehead atoms. The third kappa shape index (κ3) is 4.04. The topological polar surface area (TPSA) is 79.2 Å². The minimum absolute atomic E-state index is 0.206. The van der Waals surface area contributed by atoms with E-state index in [9.17, 15) is 19.2 Å². The average Bonchev–Trinajstić information content (AvgIpc) is 2.69. The Kier molecular flexibility index (Phi) is 5.74. The first-order valence-electron chi connectivity index (χ1n) is 9.25. The van der Waals surface area contributed by atoms with Crippen molar-refractivity contribution in [1.82, 2.24) is 0 Å². The summed E-state index contributed by atoms with van der Waals surface area (Å²) >= 11 is 0. The molecule has 0 radical (unpaired) electrons. The molecule has 3 rings (SSSR count). The summed E-state index contributed by atoms with van der Waals surface area (Å²) in [6.45, 7) is 1.28. The number of amides is 1. The summed E-state index contributed by atoms with van der Waals surface area (Å²) in [5, 5.41) is 12.3. The molecule has 0 atom stereocenters. The Morgan fingerprint density at radius 2 is 1.79 bits per heavy atom. The van der Waals surface area contributed by atoms with Gasteiger partial charge in [-0.15, -0.1) is 0 Å². The molecule has 1 aliphatic carbocycles. The number of hydrogen-bond acceptors (Lipinski definition) is 4. The molecule has 1 amide bonds. The number of nitrogens with one attached hydrogen (secondary N) is 1. The summed E-state index contributed by atoms with van der Waals surface area (Å²) in [5.74, 6) is -0.801. The van der Waals surface area contributed by atoms with Crippen molar-refractivity contribution in [2.24, 2.45) is 0 Å². The van der Waals surface area contributed by atoms with E-state index in [1.54, 1.807) is 18.2 Å². The molecule has 5 nitrogen and oxygen atoms in total. The number of anilines is 1. The van der Waals surface area contributed by atoms with Gasteiger partial charge < -0.3 is 10.1 Å². The van der Waals surface area contributed by atoms with Gasteiger partial charge in [0.05, 0.1) is 16.7 Å². The molecule has 1 saturated carbocycles. The predicted molar refractivity (Wildman–Crippen MR) is 102 cm³/mol. The fraction of sp³-hybridized carbons (Fsp3) is 0.318. The number of nitrogens with zero attached hydrogens (tertiary/aromatic N) is 1. The number of halogens is 1. The molecule has 2 aromatic rings. The predicted octanol–water partition coefficient (Wildman–Crippen LogP) is 4.46. The number of rotatable bonds is 4. The van der Waals surface area contributed by atoms with Crippen LogP contribution in [0.2, 0.25) is 0 Å². The Hall–Kier alpha value is -3.20.